The van der Waals surface area contributed by atoms with Crippen LogP contribution < -0.4 is 4.74 Å². The molecular weight excluding hydrogens is 233 g/mol. The molecule has 0 saturated carbocycles. The molecule has 0 aliphatic carbocycles. The van der Waals surface area contributed by atoms with Crippen LogP contribution in [0.1, 0.15) is 0 Å². The second-order valence-corrected chi connectivity index (χ2v) is 3.18. The predicted octanol–water partition coefficient (Wildman–Crippen LogP) is 3.04. The van der Waals surface area contributed by atoms with Gasteiger partial charge in [-0.05, 0) is 24.3 Å². The van der Waals surface area contributed by atoms with E-state index in [2.05, 4.69) is 14.9 Å². The molecule has 6 heteroatoms. The van der Waals surface area contributed by atoms with Crippen molar-refractivity contribution in [2.75, 3.05) is 0 Å². The molecule has 0 N–H and O–H groups in total. The predicted molar refractivity (Wildman–Crippen MR) is 54.2 cm³/mol. The fraction of sp³-hybridized carbons (Fsp3) is 0.0909. The molecule has 0 radical (unpaired) electrons. The lowest BCUT2D eigenvalue weighted by atomic mass is 10.1. The van der Waals surface area contributed by atoms with E-state index in [1.165, 1.54) is 24.4 Å². The molecule has 0 aliphatic rings. The van der Waals surface area contributed by atoms with Crippen molar-refractivity contribution in [3.05, 3.63) is 42.6 Å². The minimum atomic E-state index is -4.69. The fourth-order valence-corrected chi connectivity index (χ4v) is 1.31. The number of halogens is 3. The minimum Gasteiger partial charge on any atom is -0.406 e. The van der Waals surface area contributed by atoms with Gasteiger partial charge in [-0.2, -0.15) is 10.2 Å². The van der Waals surface area contributed by atoms with Gasteiger partial charge in [0, 0.05) is 11.8 Å². The van der Waals surface area contributed by atoms with Crippen LogP contribution in [0.15, 0.2) is 42.6 Å². The zero-order valence-corrected chi connectivity index (χ0v) is 8.48. The second kappa shape index (κ2) is 4.40. The van der Waals surface area contributed by atoms with E-state index in [4.69, 9.17) is 0 Å². The molecule has 0 bridgehead atoms. The van der Waals surface area contributed by atoms with Crippen molar-refractivity contribution in [1.29, 1.82) is 0 Å². The Morgan fingerprint density at radius 3 is 2.53 bits per heavy atom. The lowest BCUT2D eigenvalue weighted by Crippen LogP contribution is -2.17. The molecule has 2 rings (SSSR count). The molecule has 2 aromatic rings. The third-order valence-electron chi connectivity index (χ3n) is 1.94. The lowest BCUT2D eigenvalue weighted by molar-refractivity contribution is -0.274. The Balaban J connectivity index is 2.29. The molecule has 0 amide bonds. The molecule has 0 spiro atoms. The summed E-state index contributed by atoms with van der Waals surface area (Å²) in [6.07, 6.45) is -3.21. The summed E-state index contributed by atoms with van der Waals surface area (Å²) in [6, 6.07) is 8.89. The van der Waals surface area contributed by atoms with Crippen LogP contribution in [0.3, 0.4) is 0 Å². The van der Waals surface area contributed by atoms with E-state index in [1.54, 1.807) is 18.2 Å². The van der Waals surface area contributed by atoms with E-state index in [1.807, 2.05) is 0 Å². The molecule has 0 atom stereocenters. The zero-order valence-electron chi connectivity index (χ0n) is 8.48. The first-order chi connectivity index (χ1) is 8.04. The van der Waals surface area contributed by atoms with Crippen LogP contribution in [-0.4, -0.2) is 16.6 Å². The Kier molecular flexibility index (Phi) is 2.95. The molecule has 1 heterocycles. The van der Waals surface area contributed by atoms with Gasteiger partial charge in [-0.25, -0.2) is 0 Å². The van der Waals surface area contributed by atoms with E-state index in [0.29, 0.717) is 11.3 Å². The Bertz CT molecular complexity index is 500. The first-order valence-corrected chi connectivity index (χ1v) is 4.68. The van der Waals surface area contributed by atoms with Crippen LogP contribution in [0, 0.1) is 0 Å². The van der Waals surface area contributed by atoms with Gasteiger partial charge in [0.1, 0.15) is 5.75 Å². The summed E-state index contributed by atoms with van der Waals surface area (Å²) in [5.74, 6) is -0.277. The van der Waals surface area contributed by atoms with Crippen molar-refractivity contribution in [3.63, 3.8) is 0 Å². The number of alkyl halides is 3. The Morgan fingerprint density at radius 1 is 1.06 bits per heavy atom. The maximum atomic E-state index is 12.0. The minimum absolute atomic E-state index is 0.277. The van der Waals surface area contributed by atoms with Crippen molar-refractivity contribution in [2.45, 2.75) is 6.36 Å². The first kappa shape index (κ1) is 11.4. The molecule has 0 fully saturated rings. The van der Waals surface area contributed by atoms with Crippen LogP contribution in [0.5, 0.6) is 5.75 Å². The lowest BCUT2D eigenvalue weighted by Gasteiger charge is -2.09. The monoisotopic (exact) mass is 240 g/mol. The Labute approximate surface area is 94.9 Å². The number of hydrogen-bond donors (Lipinski definition) is 0. The van der Waals surface area contributed by atoms with E-state index >= 15 is 0 Å². The van der Waals surface area contributed by atoms with Crippen molar-refractivity contribution in [1.82, 2.24) is 10.2 Å². The molecule has 0 unspecified atom stereocenters. The van der Waals surface area contributed by atoms with Crippen molar-refractivity contribution in [3.8, 4) is 17.0 Å². The van der Waals surface area contributed by atoms with Gasteiger partial charge < -0.3 is 4.74 Å². The van der Waals surface area contributed by atoms with Gasteiger partial charge in [0.05, 0.1) is 5.69 Å². The Morgan fingerprint density at radius 2 is 1.88 bits per heavy atom. The summed E-state index contributed by atoms with van der Waals surface area (Å²) in [4.78, 5) is 0. The van der Waals surface area contributed by atoms with E-state index in [9.17, 15) is 13.2 Å². The molecule has 0 saturated heterocycles. The highest BCUT2D eigenvalue weighted by molar-refractivity contribution is 5.60. The highest BCUT2D eigenvalue weighted by Crippen LogP contribution is 2.26. The highest BCUT2D eigenvalue weighted by Gasteiger charge is 2.31. The van der Waals surface area contributed by atoms with Gasteiger partial charge in [-0.1, -0.05) is 12.1 Å². The molecule has 1 aromatic carbocycles. The van der Waals surface area contributed by atoms with E-state index in [-0.39, 0.29) is 5.75 Å². The van der Waals surface area contributed by atoms with Crippen LogP contribution in [0.4, 0.5) is 13.2 Å². The summed E-state index contributed by atoms with van der Waals surface area (Å²) in [5.41, 5.74) is 1.000. The number of ether oxygens (including phenoxy) is 1. The number of hydrogen-bond acceptors (Lipinski definition) is 3. The van der Waals surface area contributed by atoms with Gasteiger partial charge >= 0.3 is 6.36 Å². The number of rotatable bonds is 2. The number of aromatic nitrogens is 2. The van der Waals surface area contributed by atoms with Crippen LogP contribution in [0.25, 0.3) is 11.3 Å². The molecule has 0 aliphatic heterocycles. The third-order valence-corrected chi connectivity index (χ3v) is 1.94. The molecule has 1 aromatic heterocycles. The first-order valence-electron chi connectivity index (χ1n) is 4.68. The second-order valence-electron chi connectivity index (χ2n) is 3.18. The average Bonchev–Trinajstić information content (AvgIpc) is 2.28. The zero-order chi connectivity index (χ0) is 12.3. The molecular formula is C11H7F3N2O. The number of nitrogens with zero attached hydrogens (tertiary/aromatic N) is 2. The van der Waals surface area contributed by atoms with E-state index < -0.39 is 6.36 Å². The van der Waals surface area contributed by atoms with Crippen LogP contribution in [-0.2, 0) is 0 Å². The standard InChI is InChI=1S/C11H7F3N2O/c12-11(13,14)17-9-4-1-3-8(7-9)10-5-2-6-15-16-10/h1-7H. The maximum absolute atomic E-state index is 12.0. The quantitative estimate of drug-likeness (QED) is 0.809. The van der Waals surface area contributed by atoms with Gasteiger partial charge in [0.2, 0.25) is 0 Å². The molecule has 3 nitrogen and oxygen atoms in total. The van der Waals surface area contributed by atoms with E-state index in [0.717, 1.165) is 0 Å². The fourth-order valence-electron chi connectivity index (χ4n) is 1.31. The van der Waals surface area contributed by atoms with Crippen LogP contribution in [0.2, 0.25) is 0 Å². The summed E-state index contributed by atoms with van der Waals surface area (Å²) >= 11 is 0. The van der Waals surface area contributed by atoms with Gasteiger partial charge in [-0.15, -0.1) is 13.2 Å². The van der Waals surface area contributed by atoms with Crippen LogP contribution >= 0.6 is 0 Å². The summed E-state index contributed by atoms with van der Waals surface area (Å²) in [6.45, 7) is 0. The van der Waals surface area contributed by atoms with Gasteiger partial charge in [0.15, 0.2) is 0 Å². The smallest absolute Gasteiger partial charge is 0.406 e. The van der Waals surface area contributed by atoms with Gasteiger partial charge in [-0.3, -0.25) is 0 Å². The largest absolute Gasteiger partial charge is 0.573 e. The van der Waals surface area contributed by atoms with Crippen molar-refractivity contribution < 1.29 is 17.9 Å². The topological polar surface area (TPSA) is 35.0 Å². The summed E-state index contributed by atoms with van der Waals surface area (Å²) in [5, 5.41) is 7.45. The Hall–Kier alpha value is -2.11. The average molecular weight is 240 g/mol. The number of benzene rings is 1. The van der Waals surface area contributed by atoms with Crippen molar-refractivity contribution >= 4 is 0 Å². The highest BCUT2D eigenvalue weighted by atomic mass is 19.4. The molecule has 88 valence electrons. The molecule has 17 heavy (non-hydrogen) atoms. The normalized spacial score (nSPS) is 11.2. The SMILES string of the molecule is FC(F)(F)Oc1cccc(-c2cccnn2)c1. The summed E-state index contributed by atoms with van der Waals surface area (Å²) < 4.78 is 39.9. The summed E-state index contributed by atoms with van der Waals surface area (Å²) in [7, 11) is 0. The third kappa shape index (κ3) is 3.17. The van der Waals surface area contributed by atoms with Gasteiger partial charge in [0.25, 0.3) is 0 Å². The maximum Gasteiger partial charge on any atom is 0.573 e. The van der Waals surface area contributed by atoms with Crippen molar-refractivity contribution in [2.24, 2.45) is 0 Å².